The van der Waals surface area contributed by atoms with Crippen molar-refractivity contribution in [2.24, 2.45) is 0 Å². The van der Waals surface area contributed by atoms with E-state index in [1.807, 2.05) is 6.07 Å². The van der Waals surface area contributed by atoms with Gasteiger partial charge in [0.05, 0.1) is 11.0 Å². The highest BCUT2D eigenvalue weighted by Gasteiger charge is 2.31. The third-order valence-electron chi connectivity index (χ3n) is 5.54. The molecule has 1 aliphatic carbocycles. The molecule has 1 unspecified atom stereocenters. The maximum atomic E-state index is 4.75. The monoisotopic (exact) mass is 298 g/mol. The Morgan fingerprint density at radius 2 is 1.95 bits per heavy atom. The molecule has 2 fully saturated rings. The predicted octanol–water partition coefficient (Wildman–Crippen LogP) is 3.41. The molecule has 1 aliphatic heterocycles. The minimum Gasteiger partial charge on any atom is -0.341 e. The molecule has 0 radical (unpaired) electrons. The molecule has 1 saturated carbocycles. The van der Waals surface area contributed by atoms with Crippen molar-refractivity contribution in [2.75, 3.05) is 25.0 Å². The van der Waals surface area contributed by atoms with Gasteiger partial charge in [0.15, 0.2) is 0 Å². The third kappa shape index (κ3) is 2.60. The summed E-state index contributed by atoms with van der Waals surface area (Å²) in [6.45, 7) is 2.44. The van der Waals surface area contributed by atoms with Crippen LogP contribution in [0.4, 0.5) is 5.95 Å². The molecule has 0 spiro atoms. The number of anilines is 1. The molecule has 2 heterocycles. The SMILES string of the molecule is CN(c1nc2ccccc2[nH]1)C1CCN(C2CCCCC2)C1. The molecule has 0 amide bonds. The number of para-hydroxylation sites is 2. The van der Waals surface area contributed by atoms with Crippen LogP contribution in [0.25, 0.3) is 11.0 Å². The quantitative estimate of drug-likeness (QED) is 0.943. The maximum Gasteiger partial charge on any atom is 0.203 e. The lowest BCUT2D eigenvalue weighted by molar-refractivity contribution is 0.189. The standard InChI is InChI=1S/C18H26N4/c1-21(18-19-16-9-5-6-10-17(16)20-18)15-11-12-22(13-15)14-7-3-2-4-8-14/h5-6,9-10,14-15H,2-4,7-8,11-13H2,1H3,(H,19,20). The average Bonchev–Trinajstić information content (AvgIpc) is 3.22. The summed E-state index contributed by atoms with van der Waals surface area (Å²) in [5.74, 6) is 1.01. The number of nitrogens with zero attached hydrogens (tertiary/aromatic N) is 3. The number of hydrogen-bond acceptors (Lipinski definition) is 3. The van der Waals surface area contributed by atoms with Crippen molar-refractivity contribution in [2.45, 2.75) is 50.6 Å². The molecular formula is C18H26N4. The fourth-order valence-corrected chi connectivity index (χ4v) is 4.14. The Balaban J connectivity index is 1.45. The van der Waals surface area contributed by atoms with E-state index in [4.69, 9.17) is 4.98 Å². The normalized spacial score (nSPS) is 24.1. The number of rotatable bonds is 3. The molecule has 1 aromatic heterocycles. The van der Waals surface area contributed by atoms with Gasteiger partial charge in [0.2, 0.25) is 5.95 Å². The van der Waals surface area contributed by atoms with E-state index in [9.17, 15) is 0 Å². The summed E-state index contributed by atoms with van der Waals surface area (Å²) in [6, 6.07) is 9.71. The molecule has 4 heteroatoms. The molecular weight excluding hydrogens is 272 g/mol. The molecule has 118 valence electrons. The number of imidazole rings is 1. The van der Waals surface area contributed by atoms with Crippen LogP contribution in [0.2, 0.25) is 0 Å². The van der Waals surface area contributed by atoms with E-state index in [0.29, 0.717) is 6.04 Å². The van der Waals surface area contributed by atoms with Gasteiger partial charge in [0.25, 0.3) is 0 Å². The Bertz CT molecular complexity index is 596. The van der Waals surface area contributed by atoms with Crippen molar-refractivity contribution in [1.29, 1.82) is 0 Å². The van der Waals surface area contributed by atoms with Crippen molar-refractivity contribution < 1.29 is 0 Å². The zero-order valence-electron chi connectivity index (χ0n) is 13.5. The van der Waals surface area contributed by atoms with E-state index in [1.54, 1.807) is 0 Å². The fraction of sp³-hybridized carbons (Fsp3) is 0.611. The predicted molar refractivity (Wildman–Crippen MR) is 91.3 cm³/mol. The second-order valence-corrected chi connectivity index (χ2v) is 6.92. The Labute approximate surface area is 132 Å². The molecule has 1 atom stereocenters. The van der Waals surface area contributed by atoms with E-state index >= 15 is 0 Å². The molecule has 4 nitrogen and oxygen atoms in total. The minimum absolute atomic E-state index is 0.586. The molecule has 2 aliphatic rings. The zero-order chi connectivity index (χ0) is 14.9. The second-order valence-electron chi connectivity index (χ2n) is 6.92. The van der Waals surface area contributed by atoms with Crippen molar-refractivity contribution in [1.82, 2.24) is 14.9 Å². The Kier molecular flexibility index (Phi) is 3.78. The lowest BCUT2D eigenvalue weighted by Gasteiger charge is -2.32. The summed E-state index contributed by atoms with van der Waals surface area (Å²) in [6.07, 6.45) is 8.34. The van der Waals surface area contributed by atoms with Crippen LogP contribution in [-0.4, -0.2) is 47.1 Å². The van der Waals surface area contributed by atoms with Crippen LogP contribution in [0.15, 0.2) is 24.3 Å². The summed E-state index contributed by atoms with van der Waals surface area (Å²) in [7, 11) is 2.19. The van der Waals surface area contributed by atoms with Gasteiger partial charge < -0.3 is 9.88 Å². The molecule has 2 aromatic rings. The van der Waals surface area contributed by atoms with Crippen LogP contribution in [0.3, 0.4) is 0 Å². The number of likely N-dealkylation sites (N-methyl/N-ethyl adjacent to an activating group) is 1. The highest BCUT2D eigenvalue weighted by atomic mass is 15.3. The first kappa shape index (κ1) is 14.1. The van der Waals surface area contributed by atoms with Gasteiger partial charge >= 0.3 is 0 Å². The number of fused-ring (bicyclic) bond motifs is 1. The molecule has 4 rings (SSSR count). The second kappa shape index (κ2) is 5.92. The lowest BCUT2D eigenvalue weighted by atomic mass is 9.94. The summed E-state index contributed by atoms with van der Waals surface area (Å²) in [4.78, 5) is 13.3. The van der Waals surface area contributed by atoms with Gasteiger partial charge in [0, 0.05) is 32.2 Å². The van der Waals surface area contributed by atoms with Crippen LogP contribution in [0.5, 0.6) is 0 Å². The van der Waals surface area contributed by atoms with Crippen LogP contribution < -0.4 is 4.90 Å². The van der Waals surface area contributed by atoms with Gasteiger partial charge in [-0.25, -0.2) is 4.98 Å². The number of aromatic amines is 1. The number of nitrogens with one attached hydrogen (secondary N) is 1. The number of likely N-dealkylation sites (tertiary alicyclic amines) is 1. The lowest BCUT2D eigenvalue weighted by Crippen LogP contribution is -2.39. The fourth-order valence-electron chi connectivity index (χ4n) is 4.14. The summed E-state index contributed by atoms with van der Waals surface area (Å²) >= 11 is 0. The van der Waals surface area contributed by atoms with Gasteiger partial charge in [0.1, 0.15) is 0 Å². The van der Waals surface area contributed by atoms with Gasteiger partial charge in [-0.1, -0.05) is 31.4 Å². The van der Waals surface area contributed by atoms with E-state index in [1.165, 1.54) is 51.6 Å². The molecule has 1 aromatic carbocycles. The largest absolute Gasteiger partial charge is 0.341 e. The summed E-state index contributed by atoms with van der Waals surface area (Å²) in [5, 5.41) is 0. The first-order valence-corrected chi connectivity index (χ1v) is 8.73. The highest BCUT2D eigenvalue weighted by Crippen LogP contribution is 2.28. The van der Waals surface area contributed by atoms with Crippen molar-refractivity contribution in [3.63, 3.8) is 0 Å². The first-order valence-electron chi connectivity index (χ1n) is 8.73. The van der Waals surface area contributed by atoms with E-state index in [0.717, 1.165) is 23.0 Å². The zero-order valence-corrected chi connectivity index (χ0v) is 13.5. The smallest absolute Gasteiger partial charge is 0.203 e. The van der Waals surface area contributed by atoms with Crippen molar-refractivity contribution >= 4 is 17.0 Å². The Morgan fingerprint density at radius 1 is 1.14 bits per heavy atom. The van der Waals surface area contributed by atoms with Gasteiger partial charge in [-0.3, -0.25) is 4.90 Å². The van der Waals surface area contributed by atoms with Crippen molar-refractivity contribution in [3.05, 3.63) is 24.3 Å². The van der Waals surface area contributed by atoms with E-state index in [2.05, 4.69) is 40.0 Å². The number of hydrogen-bond donors (Lipinski definition) is 1. The molecule has 1 N–H and O–H groups in total. The van der Waals surface area contributed by atoms with Crippen LogP contribution >= 0.6 is 0 Å². The van der Waals surface area contributed by atoms with Crippen LogP contribution in [0, 0.1) is 0 Å². The average molecular weight is 298 g/mol. The maximum absolute atomic E-state index is 4.75. The molecule has 0 bridgehead atoms. The first-order chi connectivity index (χ1) is 10.8. The van der Waals surface area contributed by atoms with Crippen LogP contribution in [-0.2, 0) is 0 Å². The van der Waals surface area contributed by atoms with E-state index in [-0.39, 0.29) is 0 Å². The third-order valence-corrected chi connectivity index (χ3v) is 5.54. The van der Waals surface area contributed by atoms with Gasteiger partial charge in [-0.2, -0.15) is 0 Å². The van der Waals surface area contributed by atoms with Gasteiger partial charge in [-0.15, -0.1) is 0 Å². The summed E-state index contributed by atoms with van der Waals surface area (Å²) in [5.41, 5.74) is 2.19. The van der Waals surface area contributed by atoms with Gasteiger partial charge in [-0.05, 0) is 31.4 Å². The van der Waals surface area contributed by atoms with E-state index < -0.39 is 0 Å². The topological polar surface area (TPSA) is 35.2 Å². The Hall–Kier alpha value is -1.55. The minimum atomic E-state index is 0.586. The molecule has 1 saturated heterocycles. The highest BCUT2D eigenvalue weighted by molar-refractivity contribution is 5.77. The summed E-state index contributed by atoms with van der Waals surface area (Å²) < 4.78 is 0. The number of H-pyrrole nitrogens is 1. The number of benzene rings is 1. The molecule has 22 heavy (non-hydrogen) atoms. The van der Waals surface area contributed by atoms with Crippen LogP contribution in [0.1, 0.15) is 38.5 Å². The Morgan fingerprint density at radius 3 is 2.77 bits per heavy atom. The van der Waals surface area contributed by atoms with Crippen molar-refractivity contribution in [3.8, 4) is 0 Å². The number of aromatic nitrogens is 2.